The van der Waals surface area contributed by atoms with Crippen LogP contribution >= 0.6 is 38.6 Å². The highest BCUT2D eigenvalue weighted by Crippen LogP contribution is 2.26. The molecule has 2 aromatic heterocycles. The third-order valence-corrected chi connectivity index (χ3v) is 11.2. The molecule has 0 amide bonds. The first-order valence-electron chi connectivity index (χ1n) is 17.5. The van der Waals surface area contributed by atoms with Crippen LogP contribution in [0.3, 0.4) is 0 Å². The molecule has 0 bridgehead atoms. The van der Waals surface area contributed by atoms with E-state index in [-0.39, 0.29) is 11.9 Å². The summed E-state index contributed by atoms with van der Waals surface area (Å²) in [6.45, 7) is 17.3. The number of piperazine rings is 2. The number of carbonyl (C=O) groups excluding carboxylic acids is 2. The molecule has 2 fully saturated rings. The summed E-state index contributed by atoms with van der Waals surface area (Å²) in [7, 11) is 4.32. The average molecular weight is 800 g/mol. The predicted octanol–water partition coefficient (Wildman–Crippen LogP) is 6.47. The molecule has 4 aromatic rings. The Kier molecular flexibility index (Phi) is 16.5. The molecule has 0 aliphatic carbocycles. The fourth-order valence-corrected chi connectivity index (χ4v) is 7.89. The van der Waals surface area contributed by atoms with Crippen LogP contribution in [0.2, 0.25) is 0 Å². The van der Waals surface area contributed by atoms with Crippen molar-refractivity contribution < 1.29 is 19.1 Å². The highest BCUT2D eigenvalue weighted by atomic mass is 79.9. The number of thiazole rings is 2. The summed E-state index contributed by atoms with van der Waals surface area (Å²) in [4.78, 5) is 41.5. The zero-order valence-electron chi connectivity index (χ0n) is 30.7. The first-order valence-corrected chi connectivity index (χ1v) is 19.9. The fraction of sp³-hybridized carbons (Fsp3) is 0.474. The molecule has 2 saturated heterocycles. The molecule has 0 radical (unpaired) electrons. The highest BCUT2D eigenvalue weighted by molar-refractivity contribution is 9.10. The first-order chi connectivity index (χ1) is 24.6. The zero-order chi connectivity index (χ0) is 36.8. The smallest absolute Gasteiger partial charge is 0.367 e. The van der Waals surface area contributed by atoms with Gasteiger partial charge in [-0.2, -0.15) is 0 Å². The topological polar surface area (TPSA) is 100 Å². The van der Waals surface area contributed by atoms with Gasteiger partial charge in [-0.25, -0.2) is 19.6 Å². The molecule has 2 aliphatic rings. The summed E-state index contributed by atoms with van der Waals surface area (Å²) in [6.07, 6.45) is 1.58. The molecule has 0 unspecified atom stereocenters. The second-order valence-corrected chi connectivity index (χ2v) is 15.6. The van der Waals surface area contributed by atoms with Crippen molar-refractivity contribution >= 4 is 56.2 Å². The number of nitrogens with zero attached hydrogens (tertiary/aromatic N) is 5. The Labute approximate surface area is 319 Å². The zero-order valence-corrected chi connectivity index (χ0v) is 33.9. The normalized spacial score (nSPS) is 14.9. The predicted molar refractivity (Wildman–Crippen MR) is 212 cm³/mol. The largest absolute Gasteiger partial charge is 0.461 e. The van der Waals surface area contributed by atoms with Crippen LogP contribution < -0.4 is 10.2 Å². The van der Waals surface area contributed by atoms with Crippen LogP contribution in [0.5, 0.6) is 0 Å². The third-order valence-electron chi connectivity index (χ3n) is 8.42. The Hall–Kier alpha value is -3.20. The number of aromatic nitrogens is 2. The molecule has 4 heterocycles. The maximum atomic E-state index is 11.9. The van der Waals surface area contributed by atoms with E-state index in [9.17, 15) is 9.59 Å². The van der Waals surface area contributed by atoms with Crippen molar-refractivity contribution in [3.8, 4) is 0 Å². The standard InChI is InChI=1S/C19H25N3O2S.C14H14BrNO2S.C5H12N2/c1-4-24-19(23)18-20-14(2)17(25-18)13-15-6-5-7-16(12-15)22-10-8-21(3)9-11-22;1-3-18-14(17)13-16-9(2)12(19-13)8-10-5-4-6-11(15)7-10;1-7-4-2-6-3-5-7/h5-7,12H,4,8-11,13H2,1-3H3;4-7H,3,8H2,1-2H3;6H,2-5H2,1H3. The highest BCUT2D eigenvalue weighted by Gasteiger charge is 2.18. The summed E-state index contributed by atoms with van der Waals surface area (Å²) >= 11 is 6.30. The van der Waals surface area contributed by atoms with Crippen LogP contribution in [0.4, 0.5) is 5.69 Å². The molecule has 1 N–H and O–H groups in total. The minimum absolute atomic E-state index is 0.326. The number of aryl methyl sites for hydroxylation is 2. The van der Waals surface area contributed by atoms with Crippen LogP contribution in [-0.2, 0) is 22.3 Å². The number of benzene rings is 2. The average Bonchev–Trinajstić information content (AvgIpc) is 3.67. The number of rotatable bonds is 9. The number of likely N-dealkylation sites (N-methyl/N-ethyl adjacent to an activating group) is 2. The van der Waals surface area contributed by atoms with E-state index >= 15 is 0 Å². The van der Waals surface area contributed by atoms with Gasteiger partial charge in [-0.05, 0) is 77.2 Å². The lowest BCUT2D eigenvalue weighted by molar-refractivity contribution is 0.0516. The lowest BCUT2D eigenvalue weighted by atomic mass is 10.1. The molecule has 10 nitrogen and oxygen atoms in total. The van der Waals surface area contributed by atoms with Gasteiger partial charge in [0.1, 0.15) is 0 Å². The van der Waals surface area contributed by atoms with Gasteiger partial charge in [0.15, 0.2) is 0 Å². The van der Waals surface area contributed by atoms with E-state index < -0.39 is 0 Å². The number of hydrogen-bond acceptors (Lipinski definition) is 12. The van der Waals surface area contributed by atoms with Gasteiger partial charge in [0.25, 0.3) is 0 Å². The van der Waals surface area contributed by atoms with Crippen LogP contribution in [0.15, 0.2) is 53.0 Å². The number of anilines is 1. The van der Waals surface area contributed by atoms with Crippen molar-refractivity contribution in [2.45, 2.75) is 40.5 Å². The number of halogens is 1. The molecule has 51 heavy (non-hydrogen) atoms. The number of ether oxygens (including phenoxy) is 2. The summed E-state index contributed by atoms with van der Waals surface area (Å²) in [6, 6.07) is 16.8. The van der Waals surface area contributed by atoms with Gasteiger partial charge in [0.2, 0.25) is 10.0 Å². The molecule has 6 rings (SSSR count). The summed E-state index contributed by atoms with van der Waals surface area (Å²) in [5.41, 5.74) is 5.53. The van der Waals surface area contributed by atoms with Gasteiger partial charge >= 0.3 is 11.9 Å². The van der Waals surface area contributed by atoms with Crippen molar-refractivity contribution in [3.05, 3.63) is 95.3 Å². The summed E-state index contributed by atoms with van der Waals surface area (Å²) in [5.74, 6) is -0.663. The second kappa shape index (κ2) is 20.7. The van der Waals surface area contributed by atoms with Gasteiger partial charge in [-0.1, -0.05) is 40.2 Å². The van der Waals surface area contributed by atoms with Gasteiger partial charge in [-0.3, -0.25) is 0 Å². The minimum atomic E-state index is -0.337. The quantitative estimate of drug-likeness (QED) is 0.190. The Morgan fingerprint density at radius 3 is 1.71 bits per heavy atom. The monoisotopic (exact) mass is 798 g/mol. The van der Waals surface area contributed by atoms with Crippen molar-refractivity contribution in [1.29, 1.82) is 0 Å². The Bertz CT molecular complexity index is 1700. The second-order valence-electron chi connectivity index (χ2n) is 12.5. The Balaban J connectivity index is 0.000000197. The summed E-state index contributed by atoms with van der Waals surface area (Å²) < 4.78 is 11.1. The SMILES string of the molecule is CCOC(=O)c1nc(C)c(Cc2cccc(Br)c2)s1.CCOC(=O)c1nc(C)c(Cc2cccc(N3CCN(C)CC3)c2)s1.CN1CCNCC1. The number of carbonyl (C=O) groups is 2. The van der Waals surface area contributed by atoms with Crippen LogP contribution in [-0.4, -0.2) is 111 Å². The molecule has 0 atom stereocenters. The fourth-order valence-electron chi connectivity index (χ4n) is 5.47. The molecule has 2 aliphatic heterocycles. The van der Waals surface area contributed by atoms with Crippen molar-refractivity contribution in [2.24, 2.45) is 0 Å². The molecule has 276 valence electrons. The lowest BCUT2D eigenvalue weighted by Gasteiger charge is -2.34. The number of hydrogen-bond donors (Lipinski definition) is 1. The Morgan fingerprint density at radius 1 is 0.745 bits per heavy atom. The first kappa shape index (κ1) is 40.6. The minimum Gasteiger partial charge on any atom is -0.461 e. The molecule has 2 aromatic carbocycles. The van der Waals surface area contributed by atoms with E-state index in [1.165, 1.54) is 52.6 Å². The van der Waals surface area contributed by atoms with Gasteiger partial charge in [0, 0.05) is 85.1 Å². The third kappa shape index (κ3) is 13.1. The van der Waals surface area contributed by atoms with E-state index in [0.717, 1.165) is 77.7 Å². The maximum absolute atomic E-state index is 11.9. The number of esters is 2. The molecule has 0 spiro atoms. The van der Waals surface area contributed by atoms with Gasteiger partial charge in [-0.15, -0.1) is 22.7 Å². The molecular weight excluding hydrogens is 748 g/mol. The van der Waals surface area contributed by atoms with Gasteiger partial charge < -0.3 is 29.5 Å². The molecule has 13 heteroatoms. The van der Waals surface area contributed by atoms with Crippen LogP contribution in [0.1, 0.15) is 65.7 Å². The van der Waals surface area contributed by atoms with Crippen LogP contribution in [0.25, 0.3) is 0 Å². The Morgan fingerprint density at radius 2 is 1.24 bits per heavy atom. The van der Waals surface area contributed by atoms with Crippen LogP contribution in [0, 0.1) is 13.8 Å². The van der Waals surface area contributed by atoms with E-state index in [1.54, 1.807) is 6.92 Å². The van der Waals surface area contributed by atoms with E-state index in [0.29, 0.717) is 23.2 Å². The molecule has 0 saturated carbocycles. The maximum Gasteiger partial charge on any atom is 0.367 e. The van der Waals surface area contributed by atoms with Crippen molar-refractivity contribution in [2.75, 3.05) is 84.6 Å². The van der Waals surface area contributed by atoms with Gasteiger partial charge in [0.05, 0.1) is 24.6 Å². The van der Waals surface area contributed by atoms with Crippen molar-refractivity contribution in [3.63, 3.8) is 0 Å². The van der Waals surface area contributed by atoms with E-state index in [4.69, 9.17) is 9.47 Å². The number of nitrogens with one attached hydrogen (secondary N) is 1. The van der Waals surface area contributed by atoms with Crippen molar-refractivity contribution in [1.82, 2.24) is 25.1 Å². The van der Waals surface area contributed by atoms with E-state index in [1.807, 2.05) is 32.9 Å². The lowest BCUT2D eigenvalue weighted by Crippen LogP contribution is -2.44. The molecular formula is C38H51BrN6O4S2. The van der Waals surface area contributed by atoms with E-state index in [2.05, 4.69) is 96.4 Å². The summed E-state index contributed by atoms with van der Waals surface area (Å²) in [5, 5.41) is 4.16.